The Labute approximate surface area is 147 Å². The van der Waals surface area contributed by atoms with Crippen LogP contribution in [0.4, 0.5) is 5.69 Å². The van der Waals surface area contributed by atoms with Gasteiger partial charge in [0.05, 0.1) is 6.54 Å². The van der Waals surface area contributed by atoms with Gasteiger partial charge in [-0.05, 0) is 63.7 Å². The van der Waals surface area contributed by atoms with Crippen LogP contribution in [0.2, 0.25) is 0 Å². The first-order valence-corrected chi connectivity index (χ1v) is 9.27. The molecule has 24 heavy (non-hydrogen) atoms. The highest BCUT2D eigenvalue weighted by Gasteiger charge is 2.12. The summed E-state index contributed by atoms with van der Waals surface area (Å²) in [6.45, 7) is 8.82. The molecule has 0 saturated carbocycles. The van der Waals surface area contributed by atoms with Crippen LogP contribution >= 0.6 is 0 Å². The van der Waals surface area contributed by atoms with Crippen LogP contribution in [0.3, 0.4) is 0 Å². The largest absolute Gasteiger partial charge is 0.396 e. The van der Waals surface area contributed by atoms with Crippen LogP contribution in [-0.4, -0.2) is 42.2 Å². The fourth-order valence-corrected chi connectivity index (χ4v) is 2.87. The lowest BCUT2D eigenvalue weighted by Gasteiger charge is -2.22. The third-order valence-electron chi connectivity index (χ3n) is 4.32. The van der Waals surface area contributed by atoms with E-state index in [1.165, 1.54) is 12.8 Å². The van der Waals surface area contributed by atoms with E-state index in [9.17, 15) is 4.79 Å². The van der Waals surface area contributed by atoms with Gasteiger partial charge in [-0.1, -0.05) is 38.0 Å². The van der Waals surface area contributed by atoms with E-state index in [0.29, 0.717) is 6.54 Å². The van der Waals surface area contributed by atoms with Crippen molar-refractivity contribution in [3.05, 3.63) is 29.3 Å². The van der Waals surface area contributed by atoms with Crippen molar-refractivity contribution in [1.29, 1.82) is 0 Å². The maximum absolute atomic E-state index is 12.5. The minimum atomic E-state index is 0.0612. The normalized spacial score (nSPS) is 11.0. The van der Waals surface area contributed by atoms with Crippen molar-refractivity contribution in [3.63, 3.8) is 0 Å². The van der Waals surface area contributed by atoms with Crippen LogP contribution in [0.15, 0.2) is 18.2 Å². The number of aliphatic hydroxyl groups is 1. The van der Waals surface area contributed by atoms with E-state index < -0.39 is 0 Å². The molecule has 0 saturated heterocycles. The fourth-order valence-electron chi connectivity index (χ4n) is 2.87. The van der Waals surface area contributed by atoms with Gasteiger partial charge in [0.15, 0.2) is 0 Å². The van der Waals surface area contributed by atoms with E-state index in [2.05, 4.69) is 17.1 Å². The van der Waals surface area contributed by atoms with Gasteiger partial charge in [0, 0.05) is 12.3 Å². The van der Waals surface area contributed by atoms with Crippen molar-refractivity contribution < 1.29 is 9.90 Å². The Bertz CT molecular complexity index is 468. The Balaban J connectivity index is 2.54. The van der Waals surface area contributed by atoms with Crippen molar-refractivity contribution in [2.24, 2.45) is 0 Å². The van der Waals surface area contributed by atoms with E-state index in [-0.39, 0.29) is 12.5 Å². The topological polar surface area (TPSA) is 52.6 Å². The Morgan fingerprint density at radius 3 is 2.25 bits per heavy atom. The molecule has 1 aromatic rings. The van der Waals surface area contributed by atoms with Gasteiger partial charge in [-0.25, -0.2) is 0 Å². The third-order valence-corrected chi connectivity index (χ3v) is 4.32. The van der Waals surface area contributed by atoms with E-state index >= 15 is 0 Å². The average molecular weight is 335 g/mol. The quantitative estimate of drug-likeness (QED) is 0.570. The fraction of sp³-hybridized carbons (Fsp3) is 0.650. The molecule has 4 nitrogen and oxygen atoms in total. The summed E-state index contributed by atoms with van der Waals surface area (Å²) in [4.78, 5) is 14.7. The summed E-state index contributed by atoms with van der Waals surface area (Å²) >= 11 is 0. The first-order chi connectivity index (χ1) is 11.6. The molecule has 0 bridgehead atoms. The number of nitrogens with zero attached hydrogens (tertiary/aromatic N) is 1. The Morgan fingerprint density at radius 2 is 1.67 bits per heavy atom. The lowest BCUT2D eigenvalue weighted by atomic mass is 10.1. The zero-order chi connectivity index (χ0) is 17.8. The van der Waals surface area contributed by atoms with Crippen LogP contribution in [0, 0.1) is 13.8 Å². The van der Waals surface area contributed by atoms with Crippen LogP contribution in [0.1, 0.15) is 56.6 Å². The predicted octanol–water partition coefficient (Wildman–Crippen LogP) is 3.90. The molecule has 1 aromatic carbocycles. The zero-order valence-electron chi connectivity index (χ0n) is 15.6. The number of hydrogen-bond acceptors (Lipinski definition) is 3. The number of benzene rings is 1. The summed E-state index contributed by atoms with van der Waals surface area (Å²) < 4.78 is 0. The number of carbonyl (C=O) groups is 1. The second-order valence-electron chi connectivity index (χ2n) is 6.58. The molecule has 1 rings (SSSR count). The third kappa shape index (κ3) is 7.93. The molecule has 1 amide bonds. The number of aryl methyl sites for hydroxylation is 2. The molecule has 0 aliphatic carbocycles. The second kappa shape index (κ2) is 12.0. The number of para-hydroxylation sites is 1. The summed E-state index contributed by atoms with van der Waals surface area (Å²) in [5, 5.41) is 12.0. The number of nitrogens with one attached hydrogen (secondary N) is 1. The predicted molar refractivity (Wildman–Crippen MR) is 101 cm³/mol. The van der Waals surface area contributed by atoms with E-state index in [0.717, 1.165) is 55.6 Å². The highest BCUT2D eigenvalue weighted by atomic mass is 16.2. The molecule has 0 heterocycles. The number of anilines is 1. The van der Waals surface area contributed by atoms with Crippen LogP contribution < -0.4 is 5.32 Å². The van der Waals surface area contributed by atoms with Gasteiger partial charge in [0.2, 0.25) is 5.91 Å². The molecule has 0 spiro atoms. The molecule has 0 fully saturated rings. The maximum Gasteiger partial charge on any atom is 0.238 e. The van der Waals surface area contributed by atoms with E-state index in [4.69, 9.17) is 5.11 Å². The van der Waals surface area contributed by atoms with Crippen LogP contribution in [0.5, 0.6) is 0 Å². The van der Waals surface area contributed by atoms with Gasteiger partial charge in [-0.15, -0.1) is 0 Å². The molecule has 0 atom stereocenters. The van der Waals surface area contributed by atoms with Crippen molar-refractivity contribution in [2.75, 3.05) is 31.6 Å². The van der Waals surface area contributed by atoms with Gasteiger partial charge in [0.25, 0.3) is 0 Å². The zero-order valence-corrected chi connectivity index (χ0v) is 15.6. The van der Waals surface area contributed by atoms with Crippen LogP contribution in [-0.2, 0) is 4.79 Å². The lowest BCUT2D eigenvalue weighted by molar-refractivity contribution is -0.117. The van der Waals surface area contributed by atoms with Gasteiger partial charge >= 0.3 is 0 Å². The van der Waals surface area contributed by atoms with Crippen LogP contribution in [0.25, 0.3) is 0 Å². The first-order valence-electron chi connectivity index (χ1n) is 9.27. The van der Waals surface area contributed by atoms with Crippen molar-refractivity contribution in [3.8, 4) is 0 Å². The minimum absolute atomic E-state index is 0.0612. The lowest BCUT2D eigenvalue weighted by Crippen LogP contribution is -2.35. The summed E-state index contributed by atoms with van der Waals surface area (Å²) in [7, 11) is 0. The summed E-state index contributed by atoms with van der Waals surface area (Å²) in [6, 6.07) is 6.06. The number of aliphatic hydroxyl groups excluding tert-OH is 1. The van der Waals surface area contributed by atoms with Crippen molar-refractivity contribution >= 4 is 11.6 Å². The van der Waals surface area contributed by atoms with Crippen molar-refractivity contribution in [2.45, 2.75) is 59.3 Å². The summed E-state index contributed by atoms with van der Waals surface area (Å²) in [5.74, 6) is 0.0612. The summed E-state index contributed by atoms with van der Waals surface area (Å²) in [5.41, 5.74) is 3.14. The molecule has 0 unspecified atom stereocenters. The smallest absolute Gasteiger partial charge is 0.238 e. The molecule has 0 aliphatic heterocycles. The molecule has 0 radical (unpaired) electrons. The molecule has 2 N–H and O–H groups in total. The summed E-state index contributed by atoms with van der Waals surface area (Å²) in [6.07, 6.45) is 6.41. The van der Waals surface area contributed by atoms with E-state index in [1.807, 2.05) is 32.0 Å². The van der Waals surface area contributed by atoms with Gasteiger partial charge in [-0.3, -0.25) is 9.69 Å². The molecule has 4 heteroatoms. The second-order valence-corrected chi connectivity index (χ2v) is 6.58. The maximum atomic E-state index is 12.5. The van der Waals surface area contributed by atoms with Gasteiger partial charge in [-0.2, -0.15) is 0 Å². The van der Waals surface area contributed by atoms with E-state index in [1.54, 1.807) is 0 Å². The highest BCUT2D eigenvalue weighted by molar-refractivity contribution is 5.93. The molecular weight excluding hydrogens is 300 g/mol. The highest BCUT2D eigenvalue weighted by Crippen LogP contribution is 2.19. The number of rotatable bonds is 12. The number of hydrogen-bond donors (Lipinski definition) is 2. The Hall–Kier alpha value is -1.39. The monoisotopic (exact) mass is 334 g/mol. The Kier molecular flexibility index (Phi) is 10.4. The average Bonchev–Trinajstić information content (AvgIpc) is 2.55. The number of amides is 1. The number of carbonyl (C=O) groups excluding carboxylic acids is 1. The molecular formula is C20H34N2O2. The van der Waals surface area contributed by atoms with Gasteiger partial charge in [0.1, 0.15) is 0 Å². The Morgan fingerprint density at radius 1 is 1.04 bits per heavy atom. The molecule has 136 valence electrons. The number of unbranched alkanes of at least 4 members (excludes halogenated alkanes) is 4. The first kappa shape index (κ1) is 20.7. The SMILES string of the molecule is CCCCCN(CCCCCO)CC(=O)Nc1c(C)cccc1C. The molecule has 0 aliphatic rings. The molecule has 0 aromatic heterocycles. The van der Waals surface area contributed by atoms with Crippen molar-refractivity contribution in [1.82, 2.24) is 4.90 Å². The minimum Gasteiger partial charge on any atom is -0.396 e. The standard InChI is InChI=1S/C20H34N2O2/c1-4-5-7-13-22(14-8-6-9-15-23)16-19(24)21-20-17(2)11-10-12-18(20)3/h10-12,23H,4-9,13-16H2,1-3H3,(H,21,24). The van der Waals surface area contributed by atoms with Gasteiger partial charge < -0.3 is 10.4 Å².